The first-order valence-corrected chi connectivity index (χ1v) is 9.82. The van der Waals surface area contributed by atoms with Crippen LogP contribution in [0.4, 0.5) is 5.82 Å². The highest BCUT2D eigenvalue weighted by atomic mass is 16.2. The van der Waals surface area contributed by atoms with Crippen LogP contribution in [-0.4, -0.2) is 35.4 Å². The largest absolute Gasteiger partial charge is 0.357 e. The molecule has 0 bridgehead atoms. The number of carbonyl (C=O) groups is 1. The van der Waals surface area contributed by atoms with Gasteiger partial charge in [-0.2, -0.15) is 0 Å². The molecular formula is C22H27N3O. The van der Waals surface area contributed by atoms with Gasteiger partial charge in [-0.25, -0.2) is 4.98 Å². The van der Waals surface area contributed by atoms with Gasteiger partial charge in [0.05, 0.1) is 6.04 Å². The second kappa shape index (κ2) is 7.48. The van der Waals surface area contributed by atoms with E-state index in [1.165, 1.54) is 18.4 Å². The molecule has 1 atom stereocenters. The van der Waals surface area contributed by atoms with Crippen LogP contribution in [-0.2, 0) is 0 Å². The summed E-state index contributed by atoms with van der Waals surface area (Å²) >= 11 is 0. The highest BCUT2D eigenvalue weighted by Crippen LogP contribution is 2.34. The van der Waals surface area contributed by atoms with E-state index in [2.05, 4.69) is 28.9 Å². The lowest BCUT2D eigenvalue weighted by Crippen LogP contribution is -2.39. The number of hydrogen-bond acceptors (Lipinski definition) is 3. The molecule has 4 nitrogen and oxygen atoms in total. The van der Waals surface area contributed by atoms with Gasteiger partial charge in [-0.1, -0.05) is 24.3 Å². The van der Waals surface area contributed by atoms with Gasteiger partial charge in [0.25, 0.3) is 5.91 Å². The van der Waals surface area contributed by atoms with Crippen molar-refractivity contribution in [3.63, 3.8) is 0 Å². The van der Waals surface area contributed by atoms with E-state index in [1.54, 1.807) is 0 Å². The lowest BCUT2D eigenvalue weighted by Gasteiger charge is -2.37. The Hall–Kier alpha value is -2.36. The summed E-state index contributed by atoms with van der Waals surface area (Å²) in [6, 6.07) is 14.1. The maximum Gasteiger partial charge on any atom is 0.254 e. The minimum Gasteiger partial charge on any atom is -0.357 e. The second-order valence-electron chi connectivity index (χ2n) is 7.41. The van der Waals surface area contributed by atoms with Crippen molar-refractivity contribution in [1.82, 2.24) is 9.88 Å². The van der Waals surface area contributed by atoms with Crippen LogP contribution in [0.1, 0.15) is 59.8 Å². The lowest BCUT2D eigenvalue weighted by molar-refractivity contribution is 0.0610. The van der Waals surface area contributed by atoms with Crippen LogP contribution >= 0.6 is 0 Å². The van der Waals surface area contributed by atoms with Crippen LogP contribution in [0.25, 0.3) is 0 Å². The quantitative estimate of drug-likeness (QED) is 0.826. The fraction of sp³-hybridized carbons (Fsp3) is 0.455. The number of aromatic nitrogens is 1. The van der Waals surface area contributed by atoms with Gasteiger partial charge in [-0.3, -0.25) is 4.79 Å². The Bertz CT molecular complexity index is 768. The van der Waals surface area contributed by atoms with Crippen LogP contribution in [0.2, 0.25) is 0 Å². The minimum atomic E-state index is 0.136. The van der Waals surface area contributed by atoms with Gasteiger partial charge in [-0.15, -0.1) is 0 Å². The molecule has 136 valence electrons. The summed E-state index contributed by atoms with van der Waals surface area (Å²) in [5.41, 5.74) is 3.04. The van der Waals surface area contributed by atoms with Gasteiger partial charge in [0.2, 0.25) is 0 Å². The zero-order chi connectivity index (χ0) is 17.9. The summed E-state index contributed by atoms with van der Waals surface area (Å²) in [4.78, 5) is 22.4. The van der Waals surface area contributed by atoms with Gasteiger partial charge in [0.15, 0.2) is 0 Å². The molecular weight excluding hydrogens is 322 g/mol. The highest BCUT2D eigenvalue weighted by Gasteiger charge is 2.30. The predicted molar refractivity (Wildman–Crippen MR) is 104 cm³/mol. The Balaban J connectivity index is 1.61. The first kappa shape index (κ1) is 17.1. The molecule has 26 heavy (non-hydrogen) atoms. The number of hydrogen-bond donors (Lipinski definition) is 0. The normalized spacial score (nSPS) is 20.4. The molecule has 3 heterocycles. The molecule has 4 rings (SSSR count). The van der Waals surface area contributed by atoms with E-state index in [4.69, 9.17) is 4.98 Å². The number of anilines is 1. The average molecular weight is 349 g/mol. The smallest absolute Gasteiger partial charge is 0.254 e. The first-order chi connectivity index (χ1) is 12.7. The van der Waals surface area contributed by atoms with Crippen molar-refractivity contribution in [3.8, 4) is 0 Å². The number of amides is 1. The number of pyridine rings is 1. The predicted octanol–water partition coefficient (Wildman–Crippen LogP) is 4.36. The molecule has 2 aliphatic heterocycles. The van der Waals surface area contributed by atoms with Crippen molar-refractivity contribution in [2.24, 2.45) is 0 Å². The van der Waals surface area contributed by atoms with E-state index >= 15 is 0 Å². The van der Waals surface area contributed by atoms with Crippen LogP contribution in [0, 0.1) is 6.92 Å². The third-order valence-electron chi connectivity index (χ3n) is 5.69. The fourth-order valence-electron chi connectivity index (χ4n) is 4.28. The second-order valence-corrected chi connectivity index (χ2v) is 7.41. The van der Waals surface area contributed by atoms with Crippen molar-refractivity contribution in [3.05, 3.63) is 59.3 Å². The van der Waals surface area contributed by atoms with Crippen molar-refractivity contribution in [1.29, 1.82) is 0 Å². The SMILES string of the molecule is Cc1nc(N2CCCC2)ccc1C1CCCCN1C(=O)c1ccccc1. The first-order valence-electron chi connectivity index (χ1n) is 9.82. The molecule has 1 aromatic carbocycles. The molecule has 1 aromatic heterocycles. The third kappa shape index (κ3) is 3.33. The number of benzene rings is 1. The molecule has 1 amide bonds. The Kier molecular flexibility index (Phi) is 4.91. The van der Waals surface area contributed by atoms with Crippen molar-refractivity contribution < 1.29 is 4.79 Å². The molecule has 0 N–H and O–H groups in total. The average Bonchev–Trinajstić information content (AvgIpc) is 3.23. The Morgan fingerprint density at radius 1 is 0.962 bits per heavy atom. The molecule has 2 aromatic rings. The summed E-state index contributed by atoms with van der Waals surface area (Å²) in [6.07, 6.45) is 5.77. The molecule has 0 aliphatic carbocycles. The summed E-state index contributed by atoms with van der Waals surface area (Å²) < 4.78 is 0. The standard InChI is InChI=1S/C22H27N3O/c1-17-19(12-13-21(23-17)24-14-7-8-15-24)20-11-5-6-16-25(20)22(26)18-9-3-2-4-10-18/h2-4,9-10,12-13,20H,5-8,11,14-16H2,1H3. The number of nitrogens with zero attached hydrogens (tertiary/aromatic N) is 3. The Morgan fingerprint density at radius 2 is 1.69 bits per heavy atom. The molecule has 4 heteroatoms. The number of carbonyl (C=O) groups excluding carboxylic acids is 1. The Labute approximate surface area is 155 Å². The maximum absolute atomic E-state index is 13.1. The molecule has 2 saturated heterocycles. The molecule has 0 radical (unpaired) electrons. The lowest BCUT2D eigenvalue weighted by atomic mass is 9.93. The molecule has 1 unspecified atom stereocenters. The van der Waals surface area contributed by atoms with E-state index in [9.17, 15) is 4.79 Å². The van der Waals surface area contributed by atoms with Crippen molar-refractivity contribution in [2.45, 2.75) is 45.1 Å². The van der Waals surface area contributed by atoms with E-state index in [0.717, 1.165) is 56.0 Å². The van der Waals surface area contributed by atoms with Gasteiger partial charge in [0, 0.05) is 30.9 Å². The number of likely N-dealkylation sites (tertiary alicyclic amines) is 1. The van der Waals surface area contributed by atoms with E-state index < -0.39 is 0 Å². The number of aryl methyl sites for hydroxylation is 1. The van der Waals surface area contributed by atoms with Gasteiger partial charge >= 0.3 is 0 Å². The Morgan fingerprint density at radius 3 is 2.42 bits per heavy atom. The van der Waals surface area contributed by atoms with Gasteiger partial charge in [0.1, 0.15) is 5.82 Å². The molecule has 2 fully saturated rings. The molecule has 2 aliphatic rings. The zero-order valence-electron chi connectivity index (χ0n) is 15.5. The van der Waals surface area contributed by atoms with Gasteiger partial charge in [-0.05, 0) is 62.8 Å². The van der Waals surface area contributed by atoms with Crippen molar-refractivity contribution in [2.75, 3.05) is 24.5 Å². The topological polar surface area (TPSA) is 36.4 Å². The monoisotopic (exact) mass is 349 g/mol. The minimum absolute atomic E-state index is 0.136. The fourth-order valence-corrected chi connectivity index (χ4v) is 4.28. The summed E-state index contributed by atoms with van der Waals surface area (Å²) in [7, 11) is 0. The van der Waals surface area contributed by atoms with E-state index in [0.29, 0.717) is 0 Å². The number of rotatable bonds is 3. The van der Waals surface area contributed by atoms with Gasteiger partial charge < -0.3 is 9.80 Å². The number of piperidine rings is 1. The maximum atomic E-state index is 13.1. The third-order valence-corrected chi connectivity index (χ3v) is 5.69. The van der Waals surface area contributed by atoms with Crippen LogP contribution < -0.4 is 4.90 Å². The van der Waals surface area contributed by atoms with E-state index in [-0.39, 0.29) is 11.9 Å². The van der Waals surface area contributed by atoms with Crippen LogP contribution in [0.15, 0.2) is 42.5 Å². The highest BCUT2D eigenvalue weighted by molar-refractivity contribution is 5.94. The van der Waals surface area contributed by atoms with Crippen LogP contribution in [0.3, 0.4) is 0 Å². The van der Waals surface area contributed by atoms with Crippen LogP contribution in [0.5, 0.6) is 0 Å². The summed E-state index contributed by atoms with van der Waals surface area (Å²) in [5, 5.41) is 0. The zero-order valence-corrected chi connectivity index (χ0v) is 15.5. The summed E-state index contributed by atoms with van der Waals surface area (Å²) in [5.74, 6) is 1.22. The molecule has 0 saturated carbocycles. The molecule has 0 spiro atoms. The van der Waals surface area contributed by atoms with Crippen molar-refractivity contribution >= 4 is 11.7 Å². The van der Waals surface area contributed by atoms with E-state index in [1.807, 2.05) is 30.3 Å². The summed E-state index contributed by atoms with van der Waals surface area (Å²) in [6.45, 7) is 5.13.